The van der Waals surface area contributed by atoms with Crippen molar-refractivity contribution in [3.05, 3.63) is 23.8 Å². The number of fused-ring (bicyclic) bond motifs is 1. The first-order valence-electron chi connectivity index (χ1n) is 9.08. The van der Waals surface area contributed by atoms with E-state index in [0.29, 0.717) is 33.0 Å². The number of rotatable bonds is 11. The molecule has 0 bridgehead atoms. The number of ether oxygens (including phenoxy) is 3. The smallest absolute Gasteiger partial charge is 0.494 e. The minimum atomic E-state index is -2.58. The Morgan fingerprint density at radius 1 is 1.08 bits per heavy atom. The molecule has 142 valence electrons. The van der Waals surface area contributed by atoms with Crippen molar-refractivity contribution >= 4 is 8.80 Å². The predicted octanol–water partition coefficient (Wildman–Crippen LogP) is 3.76. The molecule has 1 aromatic carbocycles. The SMILES string of the molecule is CCO[Si](CCCOc1ccc2c(c1)COC(C)O2)(OCC)OCC. The van der Waals surface area contributed by atoms with Crippen molar-refractivity contribution in [1.29, 1.82) is 0 Å². The van der Waals surface area contributed by atoms with Gasteiger partial charge in [-0.15, -0.1) is 0 Å². The zero-order valence-corrected chi connectivity index (χ0v) is 16.7. The molecule has 0 saturated heterocycles. The number of benzene rings is 1. The van der Waals surface area contributed by atoms with Crippen molar-refractivity contribution < 1.29 is 27.5 Å². The highest BCUT2D eigenvalue weighted by Crippen LogP contribution is 2.30. The van der Waals surface area contributed by atoms with Crippen LogP contribution in [-0.4, -0.2) is 41.5 Å². The lowest BCUT2D eigenvalue weighted by molar-refractivity contribution is -0.0944. The van der Waals surface area contributed by atoms with E-state index in [0.717, 1.165) is 29.5 Å². The van der Waals surface area contributed by atoms with Crippen LogP contribution in [0, 0.1) is 0 Å². The van der Waals surface area contributed by atoms with Gasteiger partial charge in [0.25, 0.3) is 0 Å². The van der Waals surface area contributed by atoms with Gasteiger partial charge in [0, 0.05) is 31.4 Å². The van der Waals surface area contributed by atoms with E-state index in [2.05, 4.69) is 0 Å². The third-order valence-electron chi connectivity index (χ3n) is 3.79. The van der Waals surface area contributed by atoms with Crippen LogP contribution in [0.4, 0.5) is 0 Å². The van der Waals surface area contributed by atoms with Crippen LogP contribution >= 0.6 is 0 Å². The second-order valence-corrected chi connectivity index (χ2v) is 8.43. The van der Waals surface area contributed by atoms with Gasteiger partial charge in [0.1, 0.15) is 11.5 Å². The molecular formula is C18H30O6Si. The summed E-state index contributed by atoms with van der Waals surface area (Å²) < 4.78 is 34.5. The molecule has 1 atom stereocenters. The summed E-state index contributed by atoms with van der Waals surface area (Å²) in [4.78, 5) is 0. The van der Waals surface area contributed by atoms with E-state index < -0.39 is 8.80 Å². The maximum atomic E-state index is 5.87. The molecule has 0 N–H and O–H groups in total. The summed E-state index contributed by atoms with van der Waals surface area (Å²) in [6.45, 7) is 10.7. The van der Waals surface area contributed by atoms with Crippen molar-refractivity contribution in [2.45, 2.75) is 53.1 Å². The van der Waals surface area contributed by atoms with Crippen molar-refractivity contribution in [3.8, 4) is 11.5 Å². The van der Waals surface area contributed by atoms with Crippen molar-refractivity contribution in [3.63, 3.8) is 0 Å². The molecule has 0 aliphatic carbocycles. The molecule has 6 nitrogen and oxygen atoms in total. The van der Waals surface area contributed by atoms with Crippen molar-refractivity contribution in [1.82, 2.24) is 0 Å². The van der Waals surface area contributed by atoms with Gasteiger partial charge < -0.3 is 27.5 Å². The summed E-state index contributed by atoms with van der Waals surface area (Å²) in [5.74, 6) is 1.68. The van der Waals surface area contributed by atoms with E-state index in [9.17, 15) is 0 Å². The molecule has 2 rings (SSSR count). The highest BCUT2D eigenvalue weighted by molar-refractivity contribution is 6.60. The van der Waals surface area contributed by atoms with Gasteiger partial charge in [0.2, 0.25) is 0 Å². The Labute approximate surface area is 151 Å². The minimum Gasteiger partial charge on any atom is -0.494 e. The molecule has 0 radical (unpaired) electrons. The van der Waals surface area contributed by atoms with Crippen LogP contribution in [0.2, 0.25) is 6.04 Å². The summed E-state index contributed by atoms with van der Waals surface area (Å²) in [7, 11) is -2.58. The average Bonchev–Trinajstić information content (AvgIpc) is 2.59. The fraction of sp³-hybridized carbons (Fsp3) is 0.667. The van der Waals surface area contributed by atoms with Crippen LogP contribution in [0.5, 0.6) is 11.5 Å². The number of hydrogen-bond acceptors (Lipinski definition) is 6. The molecule has 1 unspecified atom stereocenters. The maximum Gasteiger partial charge on any atom is 0.501 e. The fourth-order valence-electron chi connectivity index (χ4n) is 2.77. The van der Waals surface area contributed by atoms with Crippen molar-refractivity contribution in [2.75, 3.05) is 26.4 Å². The lowest BCUT2D eigenvalue weighted by atomic mass is 10.2. The second-order valence-electron chi connectivity index (χ2n) is 5.70. The van der Waals surface area contributed by atoms with Gasteiger partial charge in [-0.25, -0.2) is 0 Å². The molecular weight excluding hydrogens is 340 g/mol. The molecule has 1 heterocycles. The van der Waals surface area contributed by atoms with E-state index in [1.807, 2.05) is 45.9 Å². The quantitative estimate of drug-likeness (QED) is 0.437. The average molecular weight is 371 g/mol. The Bertz CT molecular complexity index is 507. The molecule has 1 aromatic rings. The molecule has 1 aliphatic rings. The standard InChI is InChI=1S/C18H30O6Si/c1-5-21-25(22-6-2,23-7-3)12-8-11-19-17-9-10-18-16(13-17)14-20-15(4)24-18/h9-10,13,15H,5-8,11-12,14H2,1-4H3. The van der Waals surface area contributed by atoms with Crippen LogP contribution in [-0.2, 0) is 24.6 Å². The topological polar surface area (TPSA) is 55.4 Å². The Balaban J connectivity index is 1.85. The predicted molar refractivity (Wildman–Crippen MR) is 96.9 cm³/mol. The van der Waals surface area contributed by atoms with Crippen molar-refractivity contribution in [2.24, 2.45) is 0 Å². The molecule has 1 aliphatic heterocycles. The van der Waals surface area contributed by atoms with Crippen LogP contribution in [0.25, 0.3) is 0 Å². The maximum absolute atomic E-state index is 5.87. The third-order valence-corrected chi connectivity index (χ3v) is 6.94. The molecule has 7 heteroatoms. The van der Waals surface area contributed by atoms with E-state index in [1.54, 1.807) is 0 Å². The zero-order valence-electron chi connectivity index (χ0n) is 15.7. The van der Waals surface area contributed by atoms with Gasteiger partial charge in [0.05, 0.1) is 13.2 Å². The molecule has 0 aromatic heterocycles. The number of hydrogen-bond donors (Lipinski definition) is 0. The summed E-state index contributed by atoms with van der Waals surface area (Å²) >= 11 is 0. The van der Waals surface area contributed by atoms with Gasteiger partial charge in [-0.05, 0) is 52.3 Å². The summed E-state index contributed by atoms with van der Waals surface area (Å²) in [6.07, 6.45) is 0.612. The molecule has 0 amide bonds. The first kappa shape index (κ1) is 20.2. The first-order chi connectivity index (χ1) is 12.1. The van der Waals surface area contributed by atoms with E-state index in [1.165, 1.54) is 0 Å². The second kappa shape index (κ2) is 10.1. The minimum absolute atomic E-state index is 0.201. The summed E-state index contributed by atoms with van der Waals surface area (Å²) in [5.41, 5.74) is 1.01. The lowest BCUT2D eigenvalue weighted by Gasteiger charge is -2.28. The monoisotopic (exact) mass is 370 g/mol. The summed E-state index contributed by atoms with van der Waals surface area (Å²) in [5, 5.41) is 0. The van der Waals surface area contributed by atoms with Crippen LogP contribution < -0.4 is 9.47 Å². The van der Waals surface area contributed by atoms with Crippen LogP contribution in [0.15, 0.2) is 18.2 Å². The first-order valence-corrected chi connectivity index (χ1v) is 11.0. The Hall–Kier alpha value is -1.12. The third kappa shape index (κ3) is 5.97. The van der Waals surface area contributed by atoms with Gasteiger partial charge in [-0.2, -0.15) is 0 Å². The van der Waals surface area contributed by atoms with Crippen LogP contribution in [0.1, 0.15) is 39.7 Å². The van der Waals surface area contributed by atoms with E-state index >= 15 is 0 Å². The summed E-state index contributed by atoms with van der Waals surface area (Å²) in [6, 6.07) is 6.58. The highest BCUT2D eigenvalue weighted by Gasteiger charge is 2.39. The Morgan fingerprint density at radius 3 is 2.40 bits per heavy atom. The van der Waals surface area contributed by atoms with Gasteiger partial charge in [0.15, 0.2) is 6.29 Å². The van der Waals surface area contributed by atoms with Crippen LogP contribution in [0.3, 0.4) is 0 Å². The van der Waals surface area contributed by atoms with Gasteiger partial charge >= 0.3 is 8.80 Å². The fourth-order valence-corrected chi connectivity index (χ4v) is 5.35. The lowest BCUT2D eigenvalue weighted by Crippen LogP contribution is -2.46. The molecule has 0 saturated carbocycles. The largest absolute Gasteiger partial charge is 0.501 e. The Kier molecular flexibility index (Phi) is 8.18. The van der Waals surface area contributed by atoms with Gasteiger partial charge in [-0.3, -0.25) is 0 Å². The molecule has 0 fully saturated rings. The highest BCUT2D eigenvalue weighted by atomic mass is 28.4. The molecule has 25 heavy (non-hydrogen) atoms. The van der Waals surface area contributed by atoms with Gasteiger partial charge in [-0.1, -0.05) is 0 Å². The molecule has 0 spiro atoms. The van der Waals surface area contributed by atoms with E-state index in [-0.39, 0.29) is 6.29 Å². The van der Waals surface area contributed by atoms with E-state index in [4.69, 9.17) is 27.5 Å². The Morgan fingerprint density at radius 2 is 1.76 bits per heavy atom. The zero-order chi connectivity index (χ0) is 18.1. The normalized spacial score (nSPS) is 17.0.